The average Bonchev–Trinajstić information content (AvgIpc) is 3.05. The van der Waals surface area contributed by atoms with Crippen LogP contribution in [-0.2, 0) is 0 Å². The molecule has 1 heterocycles. The Balaban J connectivity index is 1.85. The summed E-state index contributed by atoms with van der Waals surface area (Å²) in [6.07, 6.45) is 1.70. The first-order chi connectivity index (χ1) is 13.9. The number of alkyl halides is 2. The standard InChI is InChI=1S/C19H17ClF2N6O/c1-11-7-12(5-6-15(11)20)17-16(24)9-28(27-17)19(25-10-23)26-13-3-2-4-14(8-13)29-18(21)22/h2-8,16,18H,9,24H2,1H3,(H,25,26). The fourth-order valence-corrected chi connectivity index (χ4v) is 2.92. The quantitative estimate of drug-likeness (QED) is 0.449. The molecule has 10 heteroatoms. The predicted molar refractivity (Wildman–Crippen MR) is 107 cm³/mol. The van der Waals surface area contributed by atoms with Gasteiger partial charge in [0.2, 0.25) is 12.2 Å². The monoisotopic (exact) mass is 418 g/mol. The van der Waals surface area contributed by atoms with E-state index in [4.69, 9.17) is 22.6 Å². The predicted octanol–water partition coefficient (Wildman–Crippen LogP) is 3.55. The second-order valence-corrected chi connectivity index (χ2v) is 6.61. The van der Waals surface area contributed by atoms with Crippen molar-refractivity contribution >= 4 is 29.0 Å². The topological polar surface area (TPSA) is 99.0 Å². The van der Waals surface area contributed by atoms with Gasteiger partial charge in [0.05, 0.1) is 18.3 Å². The molecule has 7 nitrogen and oxygen atoms in total. The van der Waals surface area contributed by atoms with Crippen molar-refractivity contribution in [1.82, 2.24) is 5.01 Å². The molecule has 0 bridgehead atoms. The Morgan fingerprint density at radius 2 is 2.21 bits per heavy atom. The second-order valence-electron chi connectivity index (χ2n) is 6.20. The fourth-order valence-electron chi connectivity index (χ4n) is 2.80. The molecule has 3 N–H and O–H groups in total. The Hall–Kier alpha value is -3.22. The van der Waals surface area contributed by atoms with E-state index < -0.39 is 12.7 Å². The molecule has 0 saturated carbocycles. The molecular formula is C19H17ClF2N6O. The van der Waals surface area contributed by atoms with Crippen LogP contribution >= 0.6 is 11.6 Å². The van der Waals surface area contributed by atoms with E-state index in [1.165, 1.54) is 23.2 Å². The van der Waals surface area contributed by atoms with Gasteiger partial charge in [0.25, 0.3) is 0 Å². The summed E-state index contributed by atoms with van der Waals surface area (Å²) in [4.78, 5) is 3.75. The lowest BCUT2D eigenvalue weighted by atomic mass is 10.0. The molecule has 0 saturated heterocycles. The van der Waals surface area contributed by atoms with Crippen LogP contribution in [0.2, 0.25) is 5.02 Å². The van der Waals surface area contributed by atoms with Gasteiger partial charge in [0.1, 0.15) is 5.75 Å². The molecule has 2 aromatic carbocycles. The number of halogens is 3. The molecule has 1 unspecified atom stereocenters. The highest BCUT2D eigenvalue weighted by Gasteiger charge is 2.28. The van der Waals surface area contributed by atoms with Gasteiger partial charge in [0, 0.05) is 16.8 Å². The number of aliphatic imine (C=N–C) groups is 1. The molecule has 0 aromatic heterocycles. The largest absolute Gasteiger partial charge is 0.435 e. The number of rotatable bonds is 4. The molecule has 0 spiro atoms. The summed E-state index contributed by atoms with van der Waals surface area (Å²) >= 11 is 6.07. The highest BCUT2D eigenvalue weighted by atomic mass is 35.5. The van der Waals surface area contributed by atoms with E-state index in [-0.39, 0.29) is 18.3 Å². The number of hydrogen-bond donors (Lipinski definition) is 2. The van der Waals surface area contributed by atoms with Gasteiger partial charge < -0.3 is 15.8 Å². The minimum absolute atomic E-state index is 0.0275. The van der Waals surface area contributed by atoms with Crippen LogP contribution in [0.3, 0.4) is 0 Å². The third-order valence-electron chi connectivity index (χ3n) is 4.12. The number of nitrogens with one attached hydrogen (secondary N) is 1. The van der Waals surface area contributed by atoms with Crippen LogP contribution in [-0.4, -0.2) is 35.9 Å². The number of anilines is 1. The Morgan fingerprint density at radius 1 is 1.41 bits per heavy atom. The van der Waals surface area contributed by atoms with E-state index in [2.05, 4.69) is 20.1 Å². The molecule has 0 aliphatic carbocycles. The van der Waals surface area contributed by atoms with Gasteiger partial charge in [-0.2, -0.15) is 19.1 Å². The number of nitrogens with zero attached hydrogens (tertiary/aromatic N) is 4. The summed E-state index contributed by atoms with van der Waals surface area (Å²) in [6, 6.07) is 10.9. The van der Waals surface area contributed by atoms with Gasteiger partial charge >= 0.3 is 6.61 Å². The number of ether oxygens (including phenoxy) is 1. The van der Waals surface area contributed by atoms with Crippen molar-refractivity contribution in [3.63, 3.8) is 0 Å². The lowest BCUT2D eigenvalue weighted by Gasteiger charge is -2.17. The van der Waals surface area contributed by atoms with Crippen molar-refractivity contribution in [1.29, 1.82) is 5.26 Å². The van der Waals surface area contributed by atoms with Crippen molar-refractivity contribution in [2.75, 3.05) is 11.9 Å². The van der Waals surface area contributed by atoms with Gasteiger partial charge in [-0.05, 0) is 42.3 Å². The minimum atomic E-state index is -2.94. The van der Waals surface area contributed by atoms with Crippen LogP contribution in [0.5, 0.6) is 5.75 Å². The van der Waals surface area contributed by atoms with Crippen LogP contribution in [0.1, 0.15) is 11.1 Å². The number of aryl methyl sites for hydroxylation is 1. The van der Waals surface area contributed by atoms with Gasteiger partial charge in [0.15, 0.2) is 0 Å². The Kier molecular flexibility index (Phi) is 6.26. The molecule has 150 valence electrons. The van der Waals surface area contributed by atoms with Gasteiger partial charge in [-0.1, -0.05) is 23.7 Å². The Labute approximate surface area is 171 Å². The lowest BCUT2D eigenvalue weighted by molar-refractivity contribution is -0.0497. The van der Waals surface area contributed by atoms with E-state index in [0.29, 0.717) is 16.4 Å². The fraction of sp³-hybridized carbons (Fsp3) is 0.211. The first-order valence-corrected chi connectivity index (χ1v) is 8.92. The maximum atomic E-state index is 12.4. The summed E-state index contributed by atoms with van der Waals surface area (Å²) in [5.41, 5.74) is 8.94. The van der Waals surface area contributed by atoms with Crippen LogP contribution in [0.15, 0.2) is 52.6 Å². The third kappa shape index (κ3) is 4.99. The lowest BCUT2D eigenvalue weighted by Crippen LogP contribution is -2.37. The number of nitrogens with two attached hydrogens (primary N) is 1. The summed E-state index contributed by atoms with van der Waals surface area (Å²) in [5.74, 6) is 0.0816. The van der Waals surface area contributed by atoms with E-state index in [1.54, 1.807) is 18.3 Å². The average molecular weight is 419 g/mol. The van der Waals surface area contributed by atoms with Crippen LogP contribution in [0, 0.1) is 18.4 Å². The molecule has 3 rings (SSSR count). The number of guanidine groups is 1. The number of benzene rings is 2. The summed E-state index contributed by atoms with van der Waals surface area (Å²) in [6.45, 7) is -0.787. The normalized spacial score (nSPS) is 16.6. The molecule has 2 aromatic rings. The van der Waals surface area contributed by atoms with Gasteiger partial charge in [-0.15, -0.1) is 4.99 Å². The first kappa shape index (κ1) is 20.5. The van der Waals surface area contributed by atoms with Gasteiger partial charge in [-0.3, -0.25) is 0 Å². The van der Waals surface area contributed by atoms with Crippen molar-refractivity contribution < 1.29 is 13.5 Å². The van der Waals surface area contributed by atoms with E-state index >= 15 is 0 Å². The first-order valence-electron chi connectivity index (χ1n) is 8.54. The van der Waals surface area contributed by atoms with Crippen molar-refractivity contribution in [3.8, 4) is 11.9 Å². The van der Waals surface area contributed by atoms with E-state index in [0.717, 1.165) is 11.1 Å². The molecule has 1 aliphatic rings. The Morgan fingerprint density at radius 3 is 2.90 bits per heavy atom. The molecule has 0 radical (unpaired) electrons. The molecule has 1 atom stereocenters. The summed E-state index contributed by atoms with van der Waals surface area (Å²) in [7, 11) is 0. The maximum Gasteiger partial charge on any atom is 0.387 e. The maximum absolute atomic E-state index is 12.4. The van der Waals surface area contributed by atoms with Crippen molar-refractivity contribution in [2.45, 2.75) is 19.6 Å². The van der Waals surface area contributed by atoms with Crippen molar-refractivity contribution in [2.24, 2.45) is 15.8 Å². The number of hydrazone groups is 1. The summed E-state index contributed by atoms with van der Waals surface area (Å²) in [5, 5.41) is 18.5. The third-order valence-corrected chi connectivity index (χ3v) is 4.54. The summed E-state index contributed by atoms with van der Waals surface area (Å²) < 4.78 is 29.2. The molecule has 0 fully saturated rings. The minimum Gasteiger partial charge on any atom is -0.435 e. The molecule has 29 heavy (non-hydrogen) atoms. The zero-order chi connectivity index (χ0) is 21.0. The molecule has 0 amide bonds. The van der Waals surface area contributed by atoms with E-state index in [9.17, 15) is 8.78 Å². The number of hydrogen-bond acceptors (Lipinski definition) is 5. The second kappa shape index (κ2) is 8.86. The Bertz CT molecular complexity index is 1000. The zero-order valence-corrected chi connectivity index (χ0v) is 16.1. The van der Waals surface area contributed by atoms with Crippen LogP contribution in [0.4, 0.5) is 14.5 Å². The SMILES string of the molecule is Cc1cc(C2=NN(/C(=N\C#N)Nc3cccc(OC(F)F)c3)CC2N)ccc1Cl. The van der Waals surface area contributed by atoms with E-state index in [1.807, 2.05) is 19.1 Å². The highest BCUT2D eigenvalue weighted by Crippen LogP contribution is 2.22. The van der Waals surface area contributed by atoms with Gasteiger partial charge in [-0.25, -0.2) is 5.01 Å². The zero-order valence-electron chi connectivity index (χ0n) is 15.3. The molecule has 1 aliphatic heterocycles. The van der Waals surface area contributed by atoms with Crippen molar-refractivity contribution in [3.05, 3.63) is 58.6 Å². The number of nitriles is 1. The molecular weight excluding hydrogens is 402 g/mol. The smallest absolute Gasteiger partial charge is 0.387 e. The van der Waals surface area contributed by atoms with Crippen LogP contribution in [0.25, 0.3) is 0 Å². The van der Waals surface area contributed by atoms with Crippen LogP contribution < -0.4 is 15.8 Å². The highest BCUT2D eigenvalue weighted by molar-refractivity contribution is 6.31.